The van der Waals surface area contributed by atoms with Crippen molar-refractivity contribution in [1.82, 2.24) is 4.31 Å². The van der Waals surface area contributed by atoms with E-state index >= 15 is 0 Å². The zero-order valence-electron chi connectivity index (χ0n) is 16.2. The molecule has 2 aliphatic heterocycles. The van der Waals surface area contributed by atoms with E-state index < -0.39 is 14.9 Å². The number of hydrogen-bond acceptors (Lipinski definition) is 5. The third kappa shape index (κ3) is 4.25. The molecular formula is C18H29N4O4S+. The number of sulfonamides is 1. The van der Waals surface area contributed by atoms with Gasteiger partial charge in [0.1, 0.15) is 5.69 Å². The van der Waals surface area contributed by atoms with Gasteiger partial charge in [-0.05, 0) is 30.4 Å². The average molecular weight is 398 g/mol. The molecule has 0 spiro atoms. The SMILES string of the molecule is C[C@@H]1C[C@H](C)CN(c2ccc(S(=O)(=O)N3CC[NH+](C)CC3)cc2[N+](=O)[O-])C1. The first kappa shape index (κ1) is 20.0. The molecule has 2 atom stereocenters. The highest BCUT2D eigenvalue weighted by atomic mass is 32.2. The van der Waals surface area contributed by atoms with Crippen LogP contribution >= 0.6 is 0 Å². The quantitative estimate of drug-likeness (QED) is 0.594. The highest BCUT2D eigenvalue weighted by Gasteiger charge is 2.33. The minimum atomic E-state index is -3.71. The number of quaternary nitrogens is 1. The van der Waals surface area contributed by atoms with Crippen molar-refractivity contribution >= 4 is 21.4 Å². The fraction of sp³-hybridized carbons (Fsp3) is 0.667. The summed E-state index contributed by atoms with van der Waals surface area (Å²) >= 11 is 0. The molecule has 0 bridgehead atoms. The van der Waals surface area contributed by atoms with Gasteiger partial charge in [-0.15, -0.1) is 0 Å². The largest absolute Gasteiger partial charge is 0.365 e. The van der Waals surface area contributed by atoms with Crippen molar-refractivity contribution in [2.45, 2.75) is 25.2 Å². The second-order valence-corrected chi connectivity index (χ2v) is 10.1. The molecule has 1 aromatic rings. The number of anilines is 1. The predicted molar refractivity (Wildman–Crippen MR) is 104 cm³/mol. The Balaban J connectivity index is 1.93. The molecule has 0 radical (unpaired) electrons. The van der Waals surface area contributed by atoms with Crippen LogP contribution in [0.25, 0.3) is 0 Å². The third-order valence-electron chi connectivity index (χ3n) is 5.57. The van der Waals surface area contributed by atoms with Crippen molar-refractivity contribution in [1.29, 1.82) is 0 Å². The van der Waals surface area contributed by atoms with Crippen molar-refractivity contribution in [3.05, 3.63) is 28.3 Å². The van der Waals surface area contributed by atoms with Crippen LogP contribution in [0.2, 0.25) is 0 Å². The molecule has 2 saturated heterocycles. The van der Waals surface area contributed by atoms with Gasteiger partial charge in [0.2, 0.25) is 10.0 Å². The molecule has 0 saturated carbocycles. The summed E-state index contributed by atoms with van der Waals surface area (Å²) < 4.78 is 27.3. The van der Waals surface area contributed by atoms with E-state index in [0.29, 0.717) is 30.6 Å². The molecule has 150 valence electrons. The summed E-state index contributed by atoms with van der Waals surface area (Å²) in [6.07, 6.45) is 1.10. The molecule has 0 aromatic heterocycles. The smallest absolute Gasteiger partial charge is 0.293 e. The first-order valence-electron chi connectivity index (χ1n) is 9.53. The summed E-state index contributed by atoms with van der Waals surface area (Å²) in [7, 11) is -1.68. The fourth-order valence-electron chi connectivity index (χ4n) is 4.19. The lowest BCUT2D eigenvalue weighted by Crippen LogP contribution is -3.12. The fourth-order valence-corrected chi connectivity index (χ4v) is 5.66. The van der Waals surface area contributed by atoms with E-state index in [0.717, 1.165) is 32.6 Å². The first-order chi connectivity index (χ1) is 12.7. The maximum absolute atomic E-state index is 12.9. The van der Waals surface area contributed by atoms with Gasteiger partial charge in [0.05, 0.1) is 43.0 Å². The molecule has 1 N–H and O–H groups in total. The van der Waals surface area contributed by atoms with Crippen molar-refractivity contribution in [2.75, 3.05) is 51.2 Å². The van der Waals surface area contributed by atoms with Crippen LogP contribution in [0.5, 0.6) is 0 Å². The van der Waals surface area contributed by atoms with Gasteiger partial charge in [0.15, 0.2) is 0 Å². The standard InChI is InChI=1S/C18H28N4O4S/c1-14-10-15(2)13-20(12-14)17-5-4-16(11-18(17)22(23)24)27(25,26)21-8-6-19(3)7-9-21/h4-5,11,14-15H,6-10,12-13H2,1-3H3/p+1/t14-,15+. The van der Waals surface area contributed by atoms with Gasteiger partial charge in [0.25, 0.3) is 5.69 Å². The van der Waals surface area contributed by atoms with E-state index in [2.05, 4.69) is 13.8 Å². The summed E-state index contributed by atoms with van der Waals surface area (Å²) in [5, 5.41) is 11.7. The lowest BCUT2D eigenvalue weighted by molar-refractivity contribution is -0.883. The molecule has 27 heavy (non-hydrogen) atoms. The molecule has 2 aliphatic rings. The zero-order chi connectivity index (χ0) is 19.8. The minimum absolute atomic E-state index is 0.00982. The Labute approximate surface area is 160 Å². The lowest BCUT2D eigenvalue weighted by atomic mass is 9.91. The van der Waals surface area contributed by atoms with E-state index in [4.69, 9.17) is 0 Å². The summed E-state index contributed by atoms with van der Waals surface area (Å²) in [5.41, 5.74) is 0.386. The van der Waals surface area contributed by atoms with Gasteiger partial charge in [-0.1, -0.05) is 13.8 Å². The van der Waals surface area contributed by atoms with Crippen LogP contribution in [-0.4, -0.2) is 64.0 Å². The summed E-state index contributed by atoms with van der Waals surface area (Å²) in [6, 6.07) is 4.36. The van der Waals surface area contributed by atoms with Gasteiger partial charge in [-0.2, -0.15) is 4.31 Å². The highest BCUT2D eigenvalue weighted by molar-refractivity contribution is 7.89. The molecule has 8 nitrogen and oxygen atoms in total. The van der Waals surface area contributed by atoms with Crippen LogP contribution < -0.4 is 9.80 Å². The van der Waals surface area contributed by atoms with Crippen LogP contribution in [0.1, 0.15) is 20.3 Å². The van der Waals surface area contributed by atoms with Crippen molar-refractivity contribution in [3.8, 4) is 0 Å². The van der Waals surface area contributed by atoms with Crippen LogP contribution in [0.4, 0.5) is 11.4 Å². The van der Waals surface area contributed by atoms with Crippen LogP contribution in [0.15, 0.2) is 23.1 Å². The van der Waals surface area contributed by atoms with Gasteiger partial charge in [-0.25, -0.2) is 8.42 Å². The molecular weight excluding hydrogens is 368 g/mol. The second kappa shape index (κ2) is 7.73. The molecule has 0 aliphatic carbocycles. The number of nitrogens with zero attached hydrogens (tertiary/aromatic N) is 3. The normalized spacial score (nSPS) is 25.5. The number of nitro groups is 1. The Morgan fingerprint density at radius 2 is 1.74 bits per heavy atom. The molecule has 3 rings (SSSR count). The van der Waals surface area contributed by atoms with Gasteiger partial charge >= 0.3 is 0 Å². The zero-order valence-corrected chi connectivity index (χ0v) is 17.0. The molecule has 9 heteroatoms. The van der Waals surface area contributed by atoms with E-state index in [1.807, 2.05) is 11.9 Å². The van der Waals surface area contributed by atoms with Crippen molar-refractivity contribution in [3.63, 3.8) is 0 Å². The van der Waals surface area contributed by atoms with Crippen LogP contribution in [-0.2, 0) is 10.0 Å². The Bertz CT molecular complexity index is 796. The predicted octanol–water partition coefficient (Wildman–Crippen LogP) is 0.596. The number of benzene rings is 1. The van der Waals surface area contributed by atoms with Crippen LogP contribution in [0.3, 0.4) is 0 Å². The van der Waals surface area contributed by atoms with Crippen molar-refractivity contribution in [2.24, 2.45) is 11.8 Å². The van der Waals surface area contributed by atoms with E-state index in [1.165, 1.54) is 21.3 Å². The number of hydrogen-bond donors (Lipinski definition) is 1. The van der Waals surface area contributed by atoms with Crippen molar-refractivity contribution < 1.29 is 18.2 Å². The monoisotopic (exact) mass is 397 g/mol. The Kier molecular flexibility index (Phi) is 5.73. The van der Waals surface area contributed by atoms with E-state index in [9.17, 15) is 18.5 Å². The average Bonchev–Trinajstić information content (AvgIpc) is 2.60. The molecule has 1 aromatic carbocycles. The van der Waals surface area contributed by atoms with Gasteiger partial charge in [0, 0.05) is 19.2 Å². The molecule has 0 amide bonds. The molecule has 0 unspecified atom stereocenters. The summed E-state index contributed by atoms with van der Waals surface area (Å²) in [6.45, 7) is 8.13. The summed E-state index contributed by atoms with van der Waals surface area (Å²) in [5.74, 6) is 0.897. The first-order valence-corrected chi connectivity index (χ1v) is 11.0. The Hall–Kier alpha value is -1.71. The van der Waals surface area contributed by atoms with Crippen LogP contribution in [0, 0.1) is 22.0 Å². The van der Waals surface area contributed by atoms with Gasteiger partial charge < -0.3 is 9.80 Å². The van der Waals surface area contributed by atoms with E-state index in [1.54, 1.807) is 6.07 Å². The lowest BCUT2D eigenvalue weighted by Gasteiger charge is -2.36. The number of likely N-dealkylation sites (N-methyl/N-ethyl adjacent to an activating group) is 1. The number of piperidine rings is 1. The Morgan fingerprint density at radius 1 is 1.15 bits per heavy atom. The third-order valence-corrected chi connectivity index (χ3v) is 7.46. The van der Waals surface area contributed by atoms with Gasteiger partial charge in [-0.3, -0.25) is 10.1 Å². The minimum Gasteiger partial charge on any atom is -0.365 e. The molecule has 2 fully saturated rings. The second-order valence-electron chi connectivity index (χ2n) is 8.12. The number of piperazine rings is 1. The summed E-state index contributed by atoms with van der Waals surface area (Å²) in [4.78, 5) is 14.5. The highest BCUT2D eigenvalue weighted by Crippen LogP contribution is 2.35. The van der Waals surface area contributed by atoms with E-state index in [-0.39, 0.29) is 10.6 Å². The number of rotatable bonds is 4. The Morgan fingerprint density at radius 3 is 2.30 bits per heavy atom. The maximum Gasteiger partial charge on any atom is 0.293 e. The molecule has 2 heterocycles. The number of nitrogens with one attached hydrogen (secondary N) is 1. The maximum atomic E-state index is 12.9. The number of nitro benzene ring substituents is 1. The topological polar surface area (TPSA) is 88.2 Å².